The maximum Gasteiger partial charge on any atom is 0.255 e. The highest BCUT2D eigenvalue weighted by molar-refractivity contribution is 6.05. The first-order valence-corrected chi connectivity index (χ1v) is 15.3. The van der Waals surface area contributed by atoms with Gasteiger partial charge in [0.25, 0.3) is 5.91 Å². The van der Waals surface area contributed by atoms with Crippen molar-refractivity contribution in [2.75, 3.05) is 24.3 Å². The number of nitrogens with one attached hydrogen (secondary N) is 1. The molecule has 228 valence electrons. The van der Waals surface area contributed by atoms with Gasteiger partial charge in [-0.05, 0) is 106 Å². The average molecular weight is 590 g/mol. The molecule has 1 N–H and O–H groups in total. The first-order valence-electron chi connectivity index (χ1n) is 15.3. The van der Waals surface area contributed by atoms with Crippen LogP contribution >= 0.6 is 0 Å². The van der Waals surface area contributed by atoms with Crippen LogP contribution in [0, 0.1) is 0 Å². The molecule has 0 radical (unpaired) electrons. The maximum atomic E-state index is 13.3. The van der Waals surface area contributed by atoms with Gasteiger partial charge in [-0.2, -0.15) is 0 Å². The highest BCUT2D eigenvalue weighted by Gasteiger charge is 2.47. The zero-order valence-corrected chi connectivity index (χ0v) is 26.8. The molecule has 0 aliphatic carbocycles. The van der Waals surface area contributed by atoms with Crippen molar-refractivity contribution in [3.05, 3.63) is 114 Å². The fourth-order valence-corrected chi connectivity index (χ4v) is 6.73. The van der Waals surface area contributed by atoms with Crippen LogP contribution in [0.1, 0.15) is 68.9 Å². The summed E-state index contributed by atoms with van der Waals surface area (Å²) in [6, 6.07) is 31.9. The van der Waals surface area contributed by atoms with E-state index < -0.39 is 11.0 Å². The molecule has 0 saturated heterocycles. The summed E-state index contributed by atoms with van der Waals surface area (Å²) < 4.78 is 6.22. The van der Waals surface area contributed by atoms with Gasteiger partial charge in [-0.3, -0.25) is 14.5 Å². The van der Waals surface area contributed by atoms with Crippen molar-refractivity contribution in [2.45, 2.75) is 64.6 Å². The van der Waals surface area contributed by atoms with Gasteiger partial charge < -0.3 is 15.0 Å². The summed E-state index contributed by atoms with van der Waals surface area (Å²) in [5.41, 5.74) is 5.57. The van der Waals surface area contributed by atoms with E-state index in [1.807, 2.05) is 91.8 Å². The number of nitrogens with zero attached hydrogens (tertiary/aromatic N) is 2. The van der Waals surface area contributed by atoms with Crippen molar-refractivity contribution in [1.29, 1.82) is 0 Å². The number of fused-ring (bicyclic) bond motifs is 1. The Bertz CT molecular complexity index is 1630. The van der Waals surface area contributed by atoms with Gasteiger partial charge in [0.05, 0.1) is 0 Å². The molecule has 0 saturated carbocycles. The minimum atomic E-state index is -0.424. The van der Waals surface area contributed by atoms with E-state index >= 15 is 0 Å². The number of benzene rings is 4. The molecule has 2 unspecified atom stereocenters. The molecule has 4 aromatic carbocycles. The third-order valence-corrected chi connectivity index (χ3v) is 8.74. The minimum Gasteiger partial charge on any atom is -0.475 e. The summed E-state index contributed by atoms with van der Waals surface area (Å²) in [6.07, 6.45) is 1.58. The van der Waals surface area contributed by atoms with Crippen LogP contribution in [0.25, 0.3) is 11.1 Å². The molecular formula is C38H43N3O3. The number of rotatable bonds is 8. The summed E-state index contributed by atoms with van der Waals surface area (Å²) >= 11 is 0. The first-order chi connectivity index (χ1) is 20.9. The second-order valence-corrected chi connectivity index (χ2v) is 12.8. The SMILES string of the molecule is CCC(Oc1ccc(C2(C)CC(C)(C)N(C(C)=O)c3ccc(NC(=O)c4ccc(-c5ccccc5)cc4)cc32)cc1)N(C)C. The lowest BCUT2D eigenvalue weighted by Crippen LogP contribution is -2.55. The molecular weight excluding hydrogens is 546 g/mol. The van der Waals surface area contributed by atoms with Crippen molar-refractivity contribution in [3.8, 4) is 16.9 Å². The van der Waals surface area contributed by atoms with Crippen molar-refractivity contribution in [2.24, 2.45) is 0 Å². The molecule has 2 amide bonds. The summed E-state index contributed by atoms with van der Waals surface area (Å²) in [7, 11) is 4.03. The molecule has 0 fully saturated rings. The third-order valence-electron chi connectivity index (χ3n) is 8.74. The monoisotopic (exact) mass is 589 g/mol. The topological polar surface area (TPSA) is 61.9 Å². The van der Waals surface area contributed by atoms with Crippen molar-refractivity contribution in [3.63, 3.8) is 0 Å². The lowest BCUT2D eigenvalue weighted by molar-refractivity contribution is -0.117. The van der Waals surface area contributed by atoms with E-state index in [-0.39, 0.29) is 18.0 Å². The van der Waals surface area contributed by atoms with Crippen LogP contribution in [-0.4, -0.2) is 42.6 Å². The molecule has 1 aliphatic rings. The zero-order chi connectivity index (χ0) is 31.6. The van der Waals surface area contributed by atoms with Gasteiger partial charge in [0.1, 0.15) is 5.75 Å². The smallest absolute Gasteiger partial charge is 0.255 e. The van der Waals surface area contributed by atoms with Crippen LogP contribution in [-0.2, 0) is 10.2 Å². The summed E-state index contributed by atoms with van der Waals surface area (Å²) in [4.78, 5) is 30.3. The Labute approximate surface area is 261 Å². The molecule has 0 aromatic heterocycles. The molecule has 44 heavy (non-hydrogen) atoms. The highest BCUT2D eigenvalue weighted by atomic mass is 16.5. The van der Waals surface area contributed by atoms with Crippen LogP contribution in [0.3, 0.4) is 0 Å². The lowest BCUT2D eigenvalue weighted by atomic mass is 9.65. The van der Waals surface area contributed by atoms with Gasteiger partial charge in [-0.25, -0.2) is 0 Å². The van der Waals surface area contributed by atoms with Crippen molar-refractivity contribution < 1.29 is 14.3 Å². The molecule has 0 bridgehead atoms. The fourth-order valence-electron chi connectivity index (χ4n) is 6.73. The van der Waals surface area contributed by atoms with Crippen LogP contribution in [0.4, 0.5) is 11.4 Å². The highest BCUT2D eigenvalue weighted by Crippen LogP contribution is 2.51. The van der Waals surface area contributed by atoms with Gasteiger partial charge in [0.15, 0.2) is 6.23 Å². The second kappa shape index (κ2) is 12.3. The van der Waals surface area contributed by atoms with Crippen molar-refractivity contribution >= 4 is 23.2 Å². The van der Waals surface area contributed by atoms with Crippen LogP contribution in [0.15, 0.2) is 97.1 Å². The molecule has 4 aromatic rings. The summed E-state index contributed by atoms with van der Waals surface area (Å²) in [6.45, 7) is 10.2. The van der Waals surface area contributed by atoms with E-state index in [2.05, 4.69) is 62.2 Å². The molecule has 5 rings (SSSR count). The Kier molecular flexibility index (Phi) is 8.66. The van der Waals surface area contributed by atoms with Gasteiger partial charge >= 0.3 is 0 Å². The normalized spacial score (nSPS) is 18.0. The fraction of sp³-hybridized carbons (Fsp3) is 0.316. The Morgan fingerprint density at radius 2 is 1.52 bits per heavy atom. The predicted molar refractivity (Wildman–Crippen MR) is 179 cm³/mol. The number of ether oxygens (including phenoxy) is 1. The Hall–Kier alpha value is -4.42. The number of carbonyl (C=O) groups excluding carboxylic acids is 2. The molecule has 0 spiro atoms. The summed E-state index contributed by atoms with van der Waals surface area (Å²) in [5, 5.41) is 3.10. The number of hydrogen-bond acceptors (Lipinski definition) is 4. The van der Waals surface area contributed by atoms with Gasteiger partial charge in [-0.15, -0.1) is 0 Å². The van der Waals surface area contributed by atoms with E-state index in [0.29, 0.717) is 17.7 Å². The van der Waals surface area contributed by atoms with E-state index in [4.69, 9.17) is 4.74 Å². The van der Waals surface area contributed by atoms with E-state index in [0.717, 1.165) is 40.1 Å². The minimum absolute atomic E-state index is 0.00406. The average Bonchev–Trinajstić information content (AvgIpc) is 3.00. The van der Waals surface area contributed by atoms with E-state index in [1.54, 1.807) is 6.92 Å². The Morgan fingerprint density at radius 3 is 2.11 bits per heavy atom. The second-order valence-electron chi connectivity index (χ2n) is 12.8. The Balaban J connectivity index is 1.47. The van der Waals surface area contributed by atoms with Crippen molar-refractivity contribution in [1.82, 2.24) is 4.90 Å². The molecule has 6 heteroatoms. The van der Waals surface area contributed by atoms with Gasteiger partial charge in [-0.1, -0.05) is 68.4 Å². The van der Waals surface area contributed by atoms with Crippen LogP contribution in [0.2, 0.25) is 0 Å². The molecule has 6 nitrogen and oxygen atoms in total. The standard InChI is InChI=1S/C38H43N3O3/c1-8-35(40(6)7)44-32-21-18-30(19-22-32)38(5)25-37(3,4)41(26(2)42)34-23-20-31(24-33(34)38)39-36(43)29-16-14-28(15-17-29)27-12-10-9-11-13-27/h9-24,35H,8,25H2,1-7H3,(H,39,43). The largest absolute Gasteiger partial charge is 0.475 e. The van der Waals surface area contributed by atoms with Gasteiger partial charge in [0.2, 0.25) is 5.91 Å². The zero-order valence-electron chi connectivity index (χ0n) is 26.8. The first kappa shape index (κ1) is 31.0. The third kappa shape index (κ3) is 6.13. The predicted octanol–water partition coefficient (Wildman–Crippen LogP) is 8.12. The number of amides is 2. The quantitative estimate of drug-likeness (QED) is 0.211. The number of carbonyl (C=O) groups is 2. The summed E-state index contributed by atoms with van der Waals surface area (Å²) in [5.74, 6) is 0.628. The Morgan fingerprint density at radius 1 is 0.886 bits per heavy atom. The number of anilines is 2. The molecule has 1 aliphatic heterocycles. The van der Waals surface area contributed by atoms with E-state index in [1.165, 1.54) is 0 Å². The van der Waals surface area contributed by atoms with Crippen LogP contribution in [0.5, 0.6) is 5.75 Å². The van der Waals surface area contributed by atoms with E-state index in [9.17, 15) is 9.59 Å². The lowest BCUT2D eigenvalue weighted by Gasteiger charge is -2.51. The molecule has 2 atom stereocenters. The molecule has 1 heterocycles. The van der Waals surface area contributed by atoms with Crippen LogP contribution < -0.4 is 15.0 Å². The maximum absolute atomic E-state index is 13.3. The number of hydrogen-bond donors (Lipinski definition) is 1. The van der Waals surface area contributed by atoms with Gasteiger partial charge in [0, 0.05) is 34.8 Å².